The molecule has 5 nitrogen and oxygen atoms in total. The van der Waals surface area contributed by atoms with E-state index in [0.717, 1.165) is 11.3 Å². The van der Waals surface area contributed by atoms with Gasteiger partial charge in [-0.25, -0.2) is 0 Å². The number of hydrogen-bond acceptors (Lipinski definition) is 3. The molecule has 1 N–H and O–H groups in total. The molecular formula is C20H30N2O3. The Kier molecular flexibility index (Phi) is 6.45. The van der Waals surface area contributed by atoms with Crippen LogP contribution in [0.15, 0.2) is 24.3 Å². The van der Waals surface area contributed by atoms with Gasteiger partial charge >= 0.3 is 0 Å². The van der Waals surface area contributed by atoms with Gasteiger partial charge in [0.2, 0.25) is 11.8 Å². The van der Waals surface area contributed by atoms with Crippen molar-refractivity contribution in [2.75, 3.05) is 26.7 Å². The van der Waals surface area contributed by atoms with Gasteiger partial charge in [-0.1, -0.05) is 39.8 Å². The first-order valence-corrected chi connectivity index (χ1v) is 9.04. The van der Waals surface area contributed by atoms with Crippen molar-refractivity contribution in [1.29, 1.82) is 0 Å². The first kappa shape index (κ1) is 19.3. The summed E-state index contributed by atoms with van der Waals surface area (Å²) < 4.78 is 5.32. The number of nitrogens with zero attached hydrogens (tertiary/aromatic N) is 1. The normalized spacial score (nSPS) is 20.2. The minimum atomic E-state index is -0.228. The summed E-state index contributed by atoms with van der Waals surface area (Å²) in [5, 5.41) is 3.03. The summed E-state index contributed by atoms with van der Waals surface area (Å²) in [4.78, 5) is 27.0. The van der Waals surface area contributed by atoms with Gasteiger partial charge in [0.25, 0.3) is 0 Å². The first-order chi connectivity index (χ1) is 11.8. The highest BCUT2D eigenvalue weighted by Gasteiger charge is 2.40. The summed E-state index contributed by atoms with van der Waals surface area (Å²) in [6.45, 7) is 9.64. The van der Waals surface area contributed by atoms with Gasteiger partial charge in [-0.2, -0.15) is 0 Å². The van der Waals surface area contributed by atoms with Crippen molar-refractivity contribution < 1.29 is 14.3 Å². The fraction of sp³-hybridized carbons (Fsp3) is 0.600. The summed E-state index contributed by atoms with van der Waals surface area (Å²) in [5.74, 6) is 0.996. The van der Waals surface area contributed by atoms with E-state index in [0.29, 0.717) is 25.6 Å². The monoisotopic (exact) mass is 346 g/mol. The molecule has 0 aliphatic carbocycles. The molecule has 0 saturated carbocycles. The summed E-state index contributed by atoms with van der Waals surface area (Å²) >= 11 is 0. The second kappa shape index (κ2) is 8.37. The first-order valence-electron chi connectivity index (χ1n) is 9.04. The highest BCUT2D eigenvalue weighted by Crippen LogP contribution is 2.35. The molecule has 1 fully saturated rings. The lowest BCUT2D eigenvalue weighted by Crippen LogP contribution is -2.37. The molecule has 0 spiro atoms. The van der Waals surface area contributed by atoms with Gasteiger partial charge in [-0.05, 0) is 23.6 Å². The Hall–Kier alpha value is -2.04. The lowest BCUT2D eigenvalue weighted by atomic mass is 9.88. The average Bonchev–Trinajstić information content (AvgIpc) is 3.04. The van der Waals surface area contributed by atoms with Gasteiger partial charge < -0.3 is 15.0 Å². The van der Waals surface area contributed by atoms with Crippen molar-refractivity contribution in [2.24, 2.45) is 17.8 Å². The highest BCUT2D eigenvalue weighted by molar-refractivity contribution is 5.84. The topological polar surface area (TPSA) is 58.6 Å². The van der Waals surface area contributed by atoms with Crippen LogP contribution in [-0.2, 0) is 9.59 Å². The van der Waals surface area contributed by atoms with Crippen LogP contribution in [0.25, 0.3) is 0 Å². The van der Waals surface area contributed by atoms with E-state index >= 15 is 0 Å². The van der Waals surface area contributed by atoms with E-state index in [4.69, 9.17) is 4.74 Å². The van der Waals surface area contributed by atoms with Crippen molar-refractivity contribution in [3.05, 3.63) is 29.8 Å². The number of nitrogens with one attached hydrogen (secondary N) is 1. The minimum Gasteiger partial charge on any atom is -0.497 e. The van der Waals surface area contributed by atoms with Crippen LogP contribution in [0.3, 0.4) is 0 Å². The smallest absolute Gasteiger partial charge is 0.225 e. The van der Waals surface area contributed by atoms with E-state index in [1.807, 2.05) is 43.0 Å². The third kappa shape index (κ3) is 4.74. The van der Waals surface area contributed by atoms with Gasteiger partial charge in [0, 0.05) is 31.5 Å². The van der Waals surface area contributed by atoms with Gasteiger partial charge in [-0.15, -0.1) is 0 Å². The van der Waals surface area contributed by atoms with Crippen LogP contribution < -0.4 is 10.1 Å². The summed E-state index contributed by atoms with van der Waals surface area (Å²) in [7, 11) is 1.63. The molecule has 1 aliphatic heterocycles. The molecule has 2 amide bonds. The Labute approximate surface area is 150 Å². The number of hydrogen-bond donors (Lipinski definition) is 1. The second-order valence-corrected chi connectivity index (χ2v) is 7.53. The number of rotatable bonds is 6. The highest BCUT2D eigenvalue weighted by atomic mass is 16.5. The quantitative estimate of drug-likeness (QED) is 0.861. The van der Waals surface area contributed by atoms with E-state index in [2.05, 4.69) is 19.2 Å². The lowest BCUT2D eigenvalue weighted by Gasteiger charge is -2.19. The molecule has 0 bridgehead atoms. The van der Waals surface area contributed by atoms with Crippen LogP contribution in [-0.4, -0.2) is 43.5 Å². The Morgan fingerprint density at radius 1 is 1.24 bits per heavy atom. The minimum absolute atomic E-state index is 0.00929. The maximum absolute atomic E-state index is 12.7. The zero-order valence-electron chi connectivity index (χ0n) is 15.9. The zero-order valence-corrected chi connectivity index (χ0v) is 15.9. The molecule has 5 heteroatoms. The maximum Gasteiger partial charge on any atom is 0.225 e. The molecule has 1 heterocycles. The van der Waals surface area contributed by atoms with E-state index in [9.17, 15) is 9.59 Å². The molecular weight excluding hydrogens is 316 g/mol. The fourth-order valence-corrected chi connectivity index (χ4v) is 3.26. The number of benzene rings is 1. The molecule has 1 aliphatic rings. The number of amides is 2. The van der Waals surface area contributed by atoms with Crippen molar-refractivity contribution in [2.45, 2.75) is 33.6 Å². The molecule has 2 rings (SSSR count). The number of ether oxygens (including phenoxy) is 1. The van der Waals surface area contributed by atoms with Crippen molar-refractivity contribution in [3.63, 3.8) is 0 Å². The predicted octanol–water partition coefficient (Wildman–Crippen LogP) is 2.67. The SMILES string of the molecule is COc1cccc(C2CN(C(=O)C(C)C)CC2C(=O)NCC(C)C)c1. The molecule has 0 aromatic heterocycles. The van der Waals surface area contributed by atoms with Crippen LogP contribution in [0.2, 0.25) is 0 Å². The van der Waals surface area contributed by atoms with Crippen molar-refractivity contribution >= 4 is 11.8 Å². The Balaban J connectivity index is 2.24. The summed E-state index contributed by atoms with van der Waals surface area (Å²) in [6.07, 6.45) is 0. The van der Waals surface area contributed by atoms with Gasteiger partial charge in [0.05, 0.1) is 13.0 Å². The van der Waals surface area contributed by atoms with E-state index in [1.54, 1.807) is 7.11 Å². The third-order valence-corrected chi connectivity index (χ3v) is 4.67. The molecule has 1 aromatic rings. The summed E-state index contributed by atoms with van der Waals surface area (Å²) in [6, 6.07) is 7.81. The number of carbonyl (C=O) groups excluding carboxylic acids is 2. The van der Waals surface area contributed by atoms with Crippen LogP contribution in [0.4, 0.5) is 0 Å². The molecule has 1 saturated heterocycles. The molecule has 1 aromatic carbocycles. The zero-order chi connectivity index (χ0) is 18.6. The second-order valence-electron chi connectivity index (χ2n) is 7.53. The van der Waals surface area contributed by atoms with Crippen molar-refractivity contribution in [3.8, 4) is 5.75 Å². The van der Waals surface area contributed by atoms with Crippen LogP contribution in [0.1, 0.15) is 39.2 Å². The molecule has 0 radical (unpaired) electrons. The Morgan fingerprint density at radius 2 is 1.96 bits per heavy atom. The van der Waals surface area contributed by atoms with E-state index in [1.165, 1.54) is 0 Å². The van der Waals surface area contributed by atoms with Gasteiger partial charge in [-0.3, -0.25) is 9.59 Å². The maximum atomic E-state index is 12.7. The van der Waals surface area contributed by atoms with Gasteiger partial charge in [0.1, 0.15) is 5.75 Å². The predicted molar refractivity (Wildman–Crippen MR) is 98.5 cm³/mol. The number of likely N-dealkylation sites (tertiary alicyclic amines) is 1. The molecule has 2 atom stereocenters. The van der Waals surface area contributed by atoms with Crippen LogP contribution in [0, 0.1) is 17.8 Å². The van der Waals surface area contributed by atoms with Crippen molar-refractivity contribution in [1.82, 2.24) is 10.2 Å². The van der Waals surface area contributed by atoms with E-state index in [-0.39, 0.29) is 29.6 Å². The average molecular weight is 346 g/mol. The Bertz CT molecular complexity index is 613. The molecule has 138 valence electrons. The van der Waals surface area contributed by atoms with E-state index < -0.39 is 0 Å². The largest absolute Gasteiger partial charge is 0.497 e. The third-order valence-electron chi connectivity index (χ3n) is 4.67. The number of methoxy groups -OCH3 is 1. The number of carbonyl (C=O) groups is 2. The van der Waals surface area contributed by atoms with Crippen LogP contribution >= 0.6 is 0 Å². The van der Waals surface area contributed by atoms with Crippen LogP contribution in [0.5, 0.6) is 5.75 Å². The Morgan fingerprint density at radius 3 is 2.56 bits per heavy atom. The lowest BCUT2D eigenvalue weighted by molar-refractivity contribution is -0.133. The summed E-state index contributed by atoms with van der Waals surface area (Å²) in [5.41, 5.74) is 1.04. The fourth-order valence-electron chi connectivity index (χ4n) is 3.26. The standard InChI is InChI=1S/C20H30N2O3/c1-13(2)10-21-19(23)18-12-22(20(24)14(3)4)11-17(18)15-7-6-8-16(9-15)25-5/h6-9,13-14,17-18H,10-12H2,1-5H3,(H,21,23). The molecule has 2 unspecified atom stereocenters. The van der Waals surface area contributed by atoms with Gasteiger partial charge in [0.15, 0.2) is 0 Å². The molecule has 25 heavy (non-hydrogen) atoms.